The van der Waals surface area contributed by atoms with Crippen LogP contribution in [-0.4, -0.2) is 17.2 Å². The molecule has 23 heavy (non-hydrogen) atoms. The van der Waals surface area contributed by atoms with E-state index in [1.165, 1.54) is 30.3 Å². The molecule has 6 nitrogen and oxygen atoms in total. The van der Waals surface area contributed by atoms with Crippen LogP contribution in [0.2, 0.25) is 0 Å². The Hall–Kier alpha value is -3.10. The fourth-order valence-electron chi connectivity index (χ4n) is 1.79. The number of alkyl halides is 3. The molecule has 1 N–H and O–H groups in total. The highest BCUT2D eigenvalue weighted by Crippen LogP contribution is 2.26. The maximum atomic E-state index is 12.2. The largest absolute Gasteiger partial charge is 0.573 e. The molecule has 0 saturated heterocycles. The molecular formula is C14H9F3N2O4. The molecule has 120 valence electrons. The number of hydrogen-bond acceptors (Lipinski definition) is 4. The highest BCUT2D eigenvalue weighted by Gasteiger charge is 2.31. The summed E-state index contributed by atoms with van der Waals surface area (Å²) in [5, 5.41) is 13.2. The summed E-state index contributed by atoms with van der Waals surface area (Å²) in [6.45, 7) is 0. The average Bonchev–Trinajstić information content (AvgIpc) is 2.45. The molecule has 2 aromatic carbocycles. The van der Waals surface area contributed by atoms with Crippen molar-refractivity contribution >= 4 is 17.3 Å². The Morgan fingerprint density at radius 2 is 1.83 bits per heavy atom. The van der Waals surface area contributed by atoms with Gasteiger partial charge in [0, 0.05) is 17.8 Å². The average molecular weight is 326 g/mol. The van der Waals surface area contributed by atoms with Gasteiger partial charge in [-0.05, 0) is 18.2 Å². The van der Waals surface area contributed by atoms with Crippen molar-refractivity contribution < 1.29 is 27.6 Å². The summed E-state index contributed by atoms with van der Waals surface area (Å²) < 4.78 is 40.2. The molecular weight excluding hydrogens is 317 g/mol. The van der Waals surface area contributed by atoms with Crippen LogP contribution in [0, 0.1) is 10.1 Å². The quantitative estimate of drug-likeness (QED) is 0.685. The summed E-state index contributed by atoms with van der Waals surface area (Å²) >= 11 is 0. The Kier molecular flexibility index (Phi) is 4.49. The van der Waals surface area contributed by atoms with Crippen molar-refractivity contribution in [3.8, 4) is 5.75 Å². The van der Waals surface area contributed by atoms with E-state index in [-0.39, 0.29) is 11.3 Å². The predicted octanol–water partition coefficient (Wildman–Crippen LogP) is 3.75. The lowest BCUT2D eigenvalue weighted by Crippen LogP contribution is -2.17. The Morgan fingerprint density at radius 1 is 1.13 bits per heavy atom. The van der Waals surface area contributed by atoms with Crippen molar-refractivity contribution in [1.82, 2.24) is 0 Å². The van der Waals surface area contributed by atoms with Crippen LogP contribution in [-0.2, 0) is 0 Å². The lowest BCUT2D eigenvalue weighted by molar-refractivity contribution is -0.385. The van der Waals surface area contributed by atoms with Gasteiger partial charge in [-0.25, -0.2) is 0 Å². The van der Waals surface area contributed by atoms with Gasteiger partial charge in [0.05, 0.1) is 4.92 Å². The number of nitro groups is 1. The predicted molar refractivity (Wildman–Crippen MR) is 74.2 cm³/mol. The highest BCUT2D eigenvalue weighted by molar-refractivity contribution is 6.07. The number of nitrogens with one attached hydrogen (secondary N) is 1. The molecule has 0 bridgehead atoms. The molecule has 0 unspecified atom stereocenters. The number of nitrogens with zero attached hydrogens (tertiary/aromatic N) is 1. The first-order valence-electron chi connectivity index (χ1n) is 6.17. The summed E-state index contributed by atoms with van der Waals surface area (Å²) in [7, 11) is 0. The van der Waals surface area contributed by atoms with Gasteiger partial charge in [-0.3, -0.25) is 14.9 Å². The van der Waals surface area contributed by atoms with Crippen LogP contribution in [0.3, 0.4) is 0 Å². The van der Waals surface area contributed by atoms with E-state index in [1.54, 1.807) is 0 Å². The summed E-state index contributed by atoms with van der Waals surface area (Å²) in [5.74, 6) is -1.33. The van der Waals surface area contributed by atoms with Crippen LogP contribution in [0.5, 0.6) is 5.75 Å². The maximum Gasteiger partial charge on any atom is 0.573 e. The second-order valence-electron chi connectivity index (χ2n) is 4.30. The number of halogens is 3. The number of nitro benzene ring substituents is 1. The first-order chi connectivity index (χ1) is 10.8. The van der Waals surface area contributed by atoms with Crippen LogP contribution in [0.15, 0.2) is 48.5 Å². The first-order valence-corrected chi connectivity index (χ1v) is 6.17. The lowest BCUT2D eigenvalue weighted by Gasteiger charge is -2.10. The van der Waals surface area contributed by atoms with E-state index in [2.05, 4.69) is 10.1 Å². The Labute approximate surface area is 127 Å². The molecule has 0 aliphatic carbocycles. The van der Waals surface area contributed by atoms with Crippen LogP contribution in [0.4, 0.5) is 24.5 Å². The van der Waals surface area contributed by atoms with Crippen molar-refractivity contribution in [2.24, 2.45) is 0 Å². The second-order valence-corrected chi connectivity index (χ2v) is 4.30. The van der Waals surface area contributed by atoms with Gasteiger partial charge < -0.3 is 10.1 Å². The number of para-hydroxylation sites is 1. The molecule has 1 amide bonds. The van der Waals surface area contributed by atoms with E-state index in [9.17, 15) is 28.1 Å². The van der Waals surface area contributed by atoms with Crippen molar-refractivity contribution in [3.05, 3.63) is 64.2 Å². The summed E-state index contributed by atoms with van der Waals surface area (Å²) in [4.78, 5) is 22.2. The number of benzene rings is 2. The molecule has 2 aromatic rings. The van der Waals surface area contributed by atoms with Crippen LogP contribution in [0.25, 0.3) is 0 Å². The SMILES string of the molecule is O=C(Nc1cccc(OC(F)(F)F)c1)c1ccccc1[N+](=O)[O-]. The van der Waals surface area contributed by atoms with Gasteiger partial charge in [0.1, 0.15) is 11.3 Å². The van der Waals surface area contributed by atoms with Crippen molar-refractivity contribution in [2.75, 3.05) is 5.32 Å². The molecule has 0 atom stereocenters. The third-order valence-electron chi connectivity index (χ3n) is 2.67. The topological polar surface area (TPSA) is 81.5 Å². The van der Waals surface area contributed by atoms with Gasteiger partial charge in [-0.2, -0.15) is 0 Å². The Bertz CT molecular complexity index is 747. The lowest BCUT2D eigenvalue weighted by atomic mass is 10.1. The normalized spacial score (nSPS) is 10.9. The first kappa shape index (κ1) is 16.3. The van der Waals surface area contributed by atoms with E-state index in [1.807, 2.05) is 0 Å². The van der Waals surface area contributed by atoms with E-state index in [4.69, 9.17) is 0 Å². The molecule has 0 heterocycles. The zero-order valence-corrected chi connectivity index (χ0v) is 11.3. The zero-order valence-electron chi connectivity index (χ0n) is 11.3. The minimum Gasteiger partial charge on any atom is -0.406 e. The summed E-state index contributed by atoms with van der Waals surface area (Å²) in [5.41, 5.74) is -0.609. The molecule has 0 aromatic heterocycles. The van der Waals surface area contributed by atoms with Gasteiger partial charge in [-0.15, -0.1) is 13.2 Å². The molecule has 0 aliphatic heterocycles. The van der Waals surface area contributed by atoms with Gasteiger partial charge in [-0.1, -0.05) is 18.2 Å². The van der Waals surface area contributed by atoms with Crippen molar-refractivity contribution in [2.45, 2.75) is 6.36 Å². The smallest absolute Gasteiger partial charge is 0.406 e. The number of ether oxygens (including phenoxy) is 1. The molecule has 2 rings (SSSR count). The van der Waals surface area contributed by atoms with E-state index < -0.39 is 28.6 Å². The van der Waals surface area contributed by atoms with E-state index >= 15 is 0 Å². The fourth-order valence-corrected chi connectivity index (χ4v) is 1.79. The van der Waals surface area contributed by atoms with Crippen LogP contribution in [0.1, 0.15) is 10.4 Å². The van der Waals surface area contributed by atoms with Gasteiger partial charge in [0.15, 0.2) is 0 Å². The molecule has 0 spiro atoms. The third-order valence-corrected chi connectivity index (χ3v) is 2.67. The molecule has 9 heteroatoms. The Balaban J connectivity index is 2.21. The number of hydrogen-bond donors (Lipinski definition) is 1. The summed E-state index contributed by atoms with van der Waals surface area (Å²) in [6.07, 6.45) is -4.86. The molecule has 0 saturated carbocycles. The van der Waals surface area contributed by atoms with Gasteiger partial charge >= 0.3 is 6.36 Å². The van der Waals surface area contributed by atoms with Crippen LogP contribution < -0.4 is 10.1 Å². The van der Waals surface area contributed by atoms with Gasteiger partial charge in [0.25, 0.3) is 11.6 Å². The molecule has 0 radical (unpaired) electrons. The van der Waals surface area contributed by atoms with Crippen molar-refractivity contribution in [1.29, 1.82) is 0 Å². The number of amides is 1. The third kappa shape index (κ3) is 4.43. The number of carbonyl (C=O) groups is 1. The number of anilines is 1. The van der Waals surface area contributed by atoms with E-state index in [0.717, 1.165) is 18.2 Å². The standard InChI is InChI=1S/C14H9F3N2O4/c15-14(16,17)23-10-5-3-4-9(8-10)18-13(20)11-6-1-2-7-12(11)19(21)22/h1-8H,(H,18,20). The highest BCUT2D eigenvalue weighted by atomic mass is 19.4. The maximum absolute atomic E-state index is 12.2. The Morgan fingerprint density at radius 3 is 2.48 bits per heavy atom. The monoisotopic (exact) mass is 326 g/mol. The molecule has 0 fully saturated rings. The summed E-state index contributed by atoms with van der Waals surface area (Å²) in [6, 6.07) is 9.82. The van der Waals surface area contributed by atoms with E-state index in [0.29, 0.717) is 0 Å². The van der Waals surface area contributed by atoms with Crippen LogP contribution >= 0.6 is 0 Å². The van der Waals surface area contributed by atoms with Crippen molar-refractivity contribution in [3.63, 3.8) is 0 Å². The zero-order chi connectivity index (χ0) is 17.0. The minimum absolute atomic E-state index is 0.00917. The second kappa shape index (κ2) is 6.34. The number of carbonyl (C=O) groups excluding carboxylic acids is 1. The molecule has 0 aliphatic rings. The van der Waals surface area contributed by atoms with Gasteiger partial charge in [0.2, 0.25) is 0 Å². The number of rotatable bonds is 4. The fraction of sp³-hybridized carbons (Fsp3) is 0.0714. The minimum atomic E-state index is -4.86.